The number of carbonyl (C=O) groups excluding carboxylic acids is 1. The van der Waals surface area contributed by atoms with E-state index in [2.05, 4.69) is 10.1 Å². The van der Waals surface area contributed by atoms with Crippen LogP contribution in [0.1, 0.15) is 21.5 Å². The van der Waals surface area contributed by atoms with E-state index in [-0.39, 0.29) is 10.6 Å². The molecular formula is C19H12Cl2N2O2. The van der Waals surface area contributed by atoms with E-state index in [9.17, 15) is 4.79 Å². The second-order valence-corrected chi connectivity index (χ2v) is 5.89. The Kier molecular flexibility index (Phi) is 5.43. The zero-order valence-electron chi connectivity index (χ0n) is 12.9. The molecule has 1 heterocycles. The maximum Gasteiger partial charge on any atom is 0.367 e. The molecule has 2 aromatic carbocycles. The third-order valence-corrected chi connectivity index (χ3v) is 3.92. The highest BCUT2D eigenvalue weighted by atomic mass is 35.5. The molecule has 0 saturated heterocycles. The lowest BCUT2D eigenvalue weighted by Gasteiger charge is -2.07. The van der Waals surface area contributed by atoms with Crippen LogP contribution in [0.25, 0.3) is 0 Å². The molecule has 124 valence electrons. The summed E-state index contributed by atoms with van der Waals surface area (Å²) in [7, 11) is 0. The van der Waals surface area contributed by atoms with Crippen molar-refractivity contribution in [2.75, 3.05) is 0 Å². The van der Waals surface area contributed by atoms with Gasteiger partial charge in [0, 0.05) is 28.5 Å². The summed E-state index contributed by atoms with van der Waals surface area (Å²) >= 11 is 11.9. The number of rotatable bonds is 4. The van der Waals surface area contributed by atoms with Gasteiger partial charge in [-0.05, 0) is 30.3 Å². The van der Waals surface area contributed by atoms with Crippen molar-refractivity contribution < 1.29 is 9.63 Å². The molecule has 3 rings (SSSR count). The van der Waals surface area contributed by atoms with Crippen molar-refractivity contribution in [3.05, 3.63) is 99.8 Å². The number of carbonyl (C=O) groups is 1. The highest BCUT2D eigenvalue weighted by molar-refractivity contribution is 6.36. The minimum Gasteiger partial charge on any atom is -0.312 e. The Morgan fingerprint density at radius 2 is 1.60 bits per heavy atom. The predicted octanol–water partition coefficient (Wildman–Crippen LogP) is 5.00. The highest BCUT2D eigenvalue weighted by Crippen LogP contribution is 2.22. The van der Waals surface area contributed by atoms with Gasteiger partial charge in [0.1, 0.15) is 5.71 Å². The van der Waals surface area contributed by atoms with Crippen molar-refractivity contribution in [2.45, 2.75) is 0 Å². The lowest BCUT2D eigenvalue weighted by atomic mass is 10.0. The molecule has 0 bridgehead atoms. The minimum atomic E-state index is -0.663. The third kappa shape index (κ3) is 4.24. The van der Waals surface area contributed by atoms with Crippen LogP contribution < -0.4 is 0 Å². The molecule has 6 heteroatoms. The van der Waals surface area contributed by atoms with Crippen LogP contribution in [-0.2, 0) is 4.84 Å². The van der Waals surface area contributed by atoms with E-state index >= 15 is 0 Å². The first kappa shape index (κ1) is 17.1. The molecule has 0 fully saturated rings. The Balaban J connectivity index is 1.93. The normalized spacial score (nSPS) is 11.2. The van der Waals surface area contributed by atoms with E-state index in [1.54, 1.807) is 30.6 Å². The first-order valence-electron chi connectivity index (χ1n) is 7.35. The van der Waals surface area contributed by atoms with E-state index in [0.717, 1.165) is 11.1 Å². The molecule has 0 unspecified atom stereocenters. The zero-order chi connectivity index (χ0) is 17.6. The highest BCUT2D eigenvalue weighted by Gasteiger charge is 2.14. The van der Waals surface area contributed by atoms with Gasteiger partial charge in [-0.15, -0.1) is 0 Å². The van der Waals surface area contributed by atoms with Crippen LogP contribution in [0.15, 0.2) is 78.2 Å². The fraction of sp³-hybridized carbons (Fsp3) is 0. The average Bonchev–Trinajstić information content (AvgIpc) is 2.63. The number of hydrogen-bond donors (Lipinski definition) is 0. The van der Waals surface area contributed by atoms with Crippen LogP contribution in [0.3, 0.4) is 0 Å². The quantitative estimate of drug-likeness (QED) is 0.369. The molecule has 4 nitrogen and oxygen atoms in total. The average molecular weight is 371 g/mol. The number of oxime groups is 1. The van der Waals surface area contributed by atoms with Crippen LogP contribution in [0.4, 0.5) is 0 Å². The lowest BCUT2D eigenvalue weighted by Crippen LogP contribution is -2.08. The summed E-state index contributed by atoms with van der Waals surface area (Å²) in [4.78, 5) is 21.4. The SMILES string of the molecule is O=C(ON=C(c1ccccc1)c1ccncc1)c1ccc(Cl)cc1Cl. The second kappa shape index (κ2) is 7.92. The molecule has 0 radical (unpaired) electrons. The van der Waals surface area contributed by atoms with Gasteiger partial charge in [-0.1, -0.05) is 58.7 Å². The van der Waals surface area contributed by atoms with Gasteiger partial charge in [-0.25, -0.2) is 4.79 Å². The summed E-state index contributed by atoms with van der Waals surface area (Å²) in [6, 6.07) is 17.5. The van der Waals surface area contributed by atoms with E-state index in [0.29, 0.717) is 10.7 Å². The Morgan fingerprint density at radius 1 is 0.920 bits per heavy atom. The Labute approximate surface area is 154 Å². The summed E-state index contributed by atoms with van der Waals surface area (Å²) in [6.45, 7) is 0. The topological polar surface area (TPSA) is 51.5 Å². The first-order valence-corrected chi connectivity index (χ1v) is 8.11. The van der Waals surface area contributed by atoms with Crippen LogP contribution >= 0.6 is 23.2 Å². The fourth-order valence-corrected chi connectivity index (χ4v) is 2.65. The van der Waals surface area contributed by atoms with Crippen molar-refractivity contribution in [2.24, 2.45) is 5.16 Å². The molecule has 0 saturated carbocycles. The van der Waals surface area contributed by atoms with Crippen LogP contribution in [0.5, 0.6) is 0 Å². The number of pyridine rings is 1. The van der Waals surface area contributed by atoms with Gasteiger partial charge in [0.05, 0.1) is 10.6 Å². The molecule has 0 aliphatic rings. The Bertz CT molecular complexity index is 872. The maximum atomic E-state index is 12.3. The van der Waals surface area contributed by atoms with Crippen molar-refractivity contribution in [3.63, 3.8) is 0 Å². The molecule has 25 heavy (non-hydrogen) atoms. The van der Waals surface area contributed by atoms with E-state index in [1.807, 2.05) is 30.3 Å². The van der Waals surface area contributed by atoms with Gasteiger partial charge in [-0.3, -0.25) is 4.98 Å². The van der Waals surface area contributed by atoms with Crippen molar-refractivity contribution >= 4 is 34.9 Å². The zero-order valence-corrected chi connectivity index (χ0v) is 14.4. The summed E-state index contributed by atoms with van der Waals surface area (Å²) in [5.74, 6) is -0.663. The van der Waals surface area contributed by atoms with Crippen molar-refractivity contribution in [3.8, 4) is 0 Å². The van der Waals surface area contributed by atoms with Gasteiger partial charge >= 0.3 is 5.97 Å². The lowest BCUT2D eigenvalue weighted by molar-refractivity contribution is 0.0517. The van der Waals surface area contributed by atoms with Crippen LogP contribution in [-0.4, -0.2) is 16.7 Å². The standard InChI is InChI=1S/C19H12Cl2N2O2/c20-15-6-7-16(17(21)12-15)19(24)25-23-18(13-4-2-1-3-5-13)14-8-10-22-11-9-14/h1-12H. The number of halogens is 2. The van der Waals surface area contributed by atoms with Gasteiger partial charge in [0.25, 0.3) is 0 Å². The molecule has 0 N–H and O–H groups in total. The predicted molar refractivity (Wildman–Crippen MR) is 98.2 cm³/mol. The fourth-order valence-electron chi connectivity index (χ4n) is 2.17. The van der Waals surface area contributed by atoms with Gasteiger partial charge < -0.3 is 4.84 Å². The van der Waals surface area contributed by atoms with Crippen LogP contribution in [0.2, 0.25) is 10.0 Å². The van der Waals surface area contributed by atoms with Gasteiger partial charge in [0.15, 0.2) is 0 Å². The smallest absolute Gasteiger partial charge is 0.312 e. The largest absolute Gasteiger partial charge is 0.367 e. The molecular weight excluding hydrogens is 359 g/mol. The van der Waals surface area contributed by atoms with Crippen molar-refractivity contribution in [1.29, 1.82) is 0 Å². The Hall–Kier alpha value is -2.69. The third-order valence-electron chi connectivity index (χ3n) is 3.37. The maximum absolute atomic E-state index is 12.3. The second-order valence-electron chi connectivity index (χ2n) is 5.04. The molecule has 0 spiro atoms. The number of hydrogen-bond acceptors (Lipinski definition) is 4. The molecule has 3 aromatic rings. The van der Waals surface area contributed by atoms with Crippen molar-refractivity contribution in [1.82, 2.24) is 4.98 Å². The van der Waals surface area contributed by atoms with E-state index in [1.165, 1.54) is 12.1 Å². The first-order chi connectivity index (χ1) is 12.1. The molecule has 0 aliphatic carbocycles. The molecule has 1 aromatic heterocycles. The van der Waals surface area contributed by atoms with Gasteiger partial charge in [0.2, 0.25) is 0 Å². The summed E-state index contributed by atoms with van der Waals surface area (Å²) in [5.41, 5.74) is 2.29. The Morgan fingerprint density at radius 3 is 2.28 bits per heavy atom. The van der Waals surface area contributed by atoms with Gasteiger partial charge in [-0.2, -0.15) is 0 Å². The summed E-state index contributed by atoms with van der Waals surface area (Å²) in [5, 5.41) is 4.69. The monoisotopic (exact) mass is 370 g/mol. The number of nitrogens with zero attached hydrogens (tertiary/aromatic N) is 2. The number of aromatic nitrogens is 1. The van der Waals surface area contributed by atoms with Crippen LogP contribution in [0, 0.1) is 0 Å². The molecule has 0 atom stereocenters. The van der Waals surface area contributed by atoms with E-state index in [4.69, 9.17) is 28.0 Å². The minimum absolute atomic E-state index is 0.192. The summed E-state index contributed by atoms with van der Waals surface area (Å²) in [6.07, 6.45) is 3.29. The molecule has 0 aliphatic heterocycles. The summed E-state index contributed by atoms with van der Waals surface area (Å²) < 4.78 is 0. The molecule has 0 amide bonds. The van der Waals surface area contributed by atoms with E-state index < -0.39 is 5.97 Å². The number of benzene rings is 2.